The summed E-state index contributed by atoms with van der Waals surface area (Å²) in [5.74, 6) is -0.127. The van der Waals surface area contributed by atoms with Gasteiger partial charge in [0, 0.05) is 24.2 Å². The van der Waals surface area contributed by atoms with Crippen molar-refractivity contribution >= 4 is 33.4 Å². The topological polar surface area (TPSA) is 58.2 Å². The fourth-order valence-corrected chi connectivity index (χ4v) is 3.69. The zero-order chi connectivity index (χ0) is 20.8. The summed E-state index contributed by atoms with van der Waals surface area (Å²) >= 11 is 0. The van der Waals surface area contributed by atoms with Gasteiger partial charge in [0.15, 0.2) is 0 Å². The molecule has 2 N–H and O–H groups in total. The average Bonchev–Trinajstić information content (AvgIpc) is 2.80. The molecule has 0 atom stereocenters. The van der Waals surface area contributed by atoms with E-state index in [1.165, 1.54) is 0 Å². The van der Waals surface area contributed by atoms with E-state index in [1.54, 1.807) is 0 Å². The van der Waals surface area contributed by atoms with Gasteiger partial charge in [0.25, 0.3) is 11.8 Å². The maximum absolute atomic E-state index is 12.5. The van der Waals surface area contributed by atoms with Crippen molar-refractivity contribution in [1.82, 2.24) is 10.6 Å². The summed E-state index contributed by atoms with van der Waals surface area (Å²) in [7, 11) is 0. The van der Waals surface area contributed by atoms with Crippen molar-refractivity contribution in [2.75, 3.05) is 13.1 Å². The van der Waals surface area contributed by atoms with Crippen LogP contribution in [0.1, 0.15) is 33.6 Å². The van der Waals surface area contributed by atoms with Crippen LogP contribution in [-0.2, 0) is 0 Å². The monoisotopic (exact) mass is 396 g/mol. The number of carbonyl (C=O) groups is 2. The van der Waals surface area contributed by atoms with E-state index in [2.05, 4.69) is 10.6 Å². The van der Waals surface area contributed by atoms with Crippen molar-refractivity contribution in [3.8, 4) is 0 Å². The number of amides is 2. The van der Waals surface area contributed by atoms with E-state index in [1.807, 2.05) is 84.9 Å². The molecule has 30 heavy (non-hydrogen) atoms. The first kappa shape index (κ1) is 19.6. The fraction of sp³-hybridized carbons (Fsp3) is 0.154. The van der Waals surface area contributed by atoms with Gasteiger partial charge in [0.1, 0.15) is 0 Å². The van der Waals surface area contributed by atoms with Gasteiger partial charge in [-0.1, -0.05) is 72.8 Å². The van der Waals surface area contributed by atoms with Crippen LogP contribution >= 0.6 is 0 Å². The SMILES string of the molecule is O=C(NCCCCNC(=O)c1cccc2ccccc12)c1cccc2ccccc12. The Morgan fingerprint density at radius 1 is 0.533 bits per heavy atom. The van der Waals surface area contributed by atoms with Crippen LogP contribution in [0.4, 0.5) is 0 Å². The van der Waals surface area contributed by atoms with Gasteiger partial charge in [-0.05, 0) is 46.5 Å². The molecule has 0 aliphatic carbocycles. The van der Waals surface area contributed by atoms with Crippen LogP contribution in [0.2, 0.25) is 0 Å². The molecule has 0 spiro atoms. The number of carbonyl (C=O) groups excluding carboxylic acids is 2. The van der Waals surface area contributed by atoms with Crippen LogP contribution < -0.4 is 10.6 Å². The molecule has 4 nitrogen and oxygen atoms in total. The van der Waals surface area contributed by atoms with Crippen molar-refractivity contribution in [2.24, 2.45) is 0 Å². The minimum Gasteiger partial charge on any atom is -0.352 e. The van der Waals surface area contributed by atoms with Crippen LogP contribution in [-0.4, -0.2) is 24.9 Å². The van der Waals surface area contributed by atoms with Gasteiger partial charge in [0.05, 0.1) is 0 Å². The molecule has 0 aliphatic rings. The maximum Gasteiger partial charge on any atom is 0.251 e. The predicted molar refractivity (Wildman–Crippen MR) is 122 cm³/mol. The van der Waals surface area contributed by atoms with Crippen molar-refractivity contribution in [2.45, 2.75) is 12.8 Å². The minimum absolute atomic E-state index is 0.0633. The lowest BCUT2D eigenvalue weighted by molar-refractivity contribution is 0.0941. The molecule has 0 aliphatic heterocycles. The highest BCUT2D eigenvalue weighted by Crippen LogP contribution is 2.19. The van der Waals surface area contributed by atoms with Gasteiger partial charge in [-0.2, -0.15) is 0 Å². The molecular formula is C26H24N2O2. The number of benzene rings is 4. The average molecular weight is 396 g/mol. The highest BCUT2D eigenvalue weighted by Gasteiger charge is 2.10. The summed E-state index contributed by atoms with van der Waals surface area (Å²) in [6, 6.07) is 27.3. The highest BCUT2D eigenvalue weighted by molar-refractivity contribution is 6.07. The Labute approximate surface area is 175 Å². The molecule has 4 rings (SSSR count). The number of hydrogen-bond donors (Lipinski definition) is 2. The van der Waals surface area contributed by atoms with Crippen LogP contribution in [0.15, 0.2) is 84.9 Å². The van der Waals surface area contributed by atoms with Gasteiger partial charge in [-0.25, -0.2) is 0 Å². The largest absolute Gasteiger partial charge is 0.352 e. The van der Waals surface area contributed by atoms with E-state index in [0.717, 1.165) is 34.4 Å². The molecule has 4 aromatic rings. The van der Waals surface area contributed by atoms with Crippen LogP contribution in [0.25, 0.3) is 21.5 Å². The molecule has 4 heteroatoms. The molecule has 0 radical (unpaired) electrons. The highest BCUT2D eigenvalue weighted by atomic mass is 16.2. The number of fused-ring (bicyclic) bond motifs is 2. The lowest BCUT2D eigenvalue weighted by atomic mass is 10.0. The summed E-state index contributed by atoms with van der Waals surface area (Å²) in [6.45, 7) is 1.15. The van der Waals surface area contributed by atoms with Crippen molar-refractivity contribution in [1.29, 1.82) is 0 Å². The van der Waals surface area contributed by atoms with Crippen LogP contribution in [0.3, 0.4) is 0 Å². The van der Waals surface area contributed by atoms with E-state index < -0.39 is 0 Å². The third kappa shape index (κ3) is 4.33. The molecule has 0 unspecified atom stereocenters. The van der Waals surface area contributed by atoms with Crippen LogP contribution in [0.5, 0.6) is 0 Å². The molecule has 4 aromatic carbocycles. The van der Waals surface area contributed by atoms with Gasteiger partial charge in [-0.3, -0.25) is 9.59 Å². The normalized spacial score (nSPS) is 10.8. The standard InChI is InChI=1S/C26H24N2O2/c29-25(23-15-7-11-19-9-1-3-13-21(19)23)27-17-5-6-18-28-26(30)24-16-8-12-20-10-2-4-14-22(20)24/h1-4,7-16H,5-6,17-18H2,(H,27,29)(H,28,30). The van der Waals surface area contributed by atoms with Crippen LogP contribution in [0, 0.1) is 0 Å². The second-order valence-electron chi connectivity index (χ2n) is 7.27. The zero-order valence-electron chi connectivity index (χ0n) is 16.7. The Hall–Kier alpha value is -3.66. The quantitative estimate of drug-likeness (QED) is 0.435. The number of hydrogen-bond acceptors (Lipinski definition) is 2. The van der Waals surface area contributed by atoms with Crippen molar-refractivity contribution < 1.29 is 9.59 Å². The summed E-state index contributed by atoms with van der Waals surface area (Å²) in [4.78, 5) is 25.1. The maximum atomic E-state index is 12.5. The Morgan fingerprint density at radius 3 is 1.40 bits per heavy atom. The van der Waals surface area contributed by atoms with Gasteiger partial charge in [0.2, 0.25) is 0 Å². The molecule has 0 aromatic heterocycles. The summed E-state index contributed by atoms with van der Waals surface area (Å²) < 4.78 is 0. The lowest BCUT2D eigenvalue weighted by Crippen LogP contribution is -2.27. The molecule has 0 heterocycles. The Bertz CT molecular complexity index is 1090. The Kier molecular flexibility index (Phi) is 6.04. The fourth-order valence-electron chi connectivity index (χ4n) is 3.69. The molecule has 0 fully saturated rings. The van der Waals surface area contributed by atoms with Gasteiger partial charge in [-0.15, -0.1) is 0 Å². The van der Waals surface area contributed by atoms with Crippen molar-refractivity contribution in [3.63, 3.8) is 0 Å². The molecule has 150 valence electrons. The van der Waals surface area contributed by atoms with E-state index in [0.29, 0.717) is 24.2 Å². The van der Waals surface area contributed by atoms with Crippen molar-refractivity contribution in [3.05, 3.63) is 96.1 Å². The molecule has 0 saturated carbocycles. The van der Waals surface area contributed by atoms with Gasteiger partial charge < -0.3 is 10.6 Å². The summed E-state index contributed by atoms with van der Waals surface area (Å²) in [6.07, 6.45) is 1.60. The molecule has 0 saturated heterocycles. The number of nitrogens with one attached hydrogen (secondary N) is 2. The first-order valence-electron chi connectivity index (χ1n) is 10.3. The smallest absolute Gasteiger partial charge is 0.251 e. The number of unbranched alkanes of at least 4 members (excludes halogenated alkanes) is 1. The van der Waals surface area contributed by atoms with E-state index in [4.69, 9.17) is 0 Å². The van der Waals surface area contributed by atoms with Gasteiger partial charge >= 0.3 is 0 Å². The third-order valence-corrected chi connectivity index (χ3v) is 5.24. The third-order valence-electron chi connectivity index (χ3n) is 5.24. The predicted octanol–water partition coefficient (Wildman–Crippen LogP) is 4.93. The lowest BCUT2D eigenvalue weighted by Gasteiger charge is -2.09. The zero-order valence-corrected chi connectivity index (χ0v) is 16.7. The van der Waals surface area contributed by atoms with E-state index in [-0.39, 0.29) is 11.8 Å². The second-order valence-corrected chi connectivity index (χ2v) is 7.27. The summed E-state index contributed by atoms with van der Waals surface area (Å²) in [5, 5.41) is 10.00. The molecule has 2 amide bonds. The first-order valence-corrected chi connectivity index (χ1v) is 10.3. The summed E-state index contributed by atoms with van der Waals surface area (Å²) in [5.41, 5.74) is 1.38. The Morgan fingerprint density at radius 2 is 0.933 bits per heavy atom. The molecular weight excluding hydrogens is 372 g/mol. The second kappa shape index (κ2) is 9.23. The Balaban J connectivity index is 1.24. The van der Waals surface area contributed by atoms with E-state index >= 15 is 0 Å². The minimum atomic E-state index is -0.0633. The van der Waals surface area contributed by atoms with E-state index in [9.17, 15) is 9.59 Å². The number of rotatable bonds is 7. The first-order chi connectivity index (χ1) is 14.7. The molecule has 0 bridgehead atoms.